The van der Waals surface area contributed by atoms with Crippen LogP contribution in [0.4, 0.5) is 5.69 Å². The first-order valence-electron chi connectivity index (χ1n) is 9.41. The molecule has 1 N–H and O–H groups in total. The van der Waals surface area contributed by atoms with E-state index in [1.165, 1.54) is 22.5 Å². The van der Waals surface area contributed by atoms with Gasteiger partial charge in [0.15, 0.2) is 0 Å². The summed E-state index contributed by atoms with van der Waals surface area (Å²) in [4.78, 5) is 12.6. The van der Waals surface area contributed by atoms with Crippen molar-refractivity contribution in [1.82, 2.24) is 4.31 Å². The topological polar surface area (TPSA) is 75.7 Å². The zero-order valence-electron chi connectivity index (χ0n) is 16.9. The molecule has 0 aromatic heterocycles. The van der Waals surface area contributed by atoms with Crippen LogP contribution in [0.3, 0.4) is 0 Å². The van der Waals surface area contributed by atoms with E-state index in [4.69, 9.17) is 16.3 Å². The number of ether oxygens (including phenoxy) is 1. The van der Waals surface area contributed by atoms with Crippen molar-refractivity contribution >= 4 is 33.2 Å². The van der Waals surface area contributed by atoms with E-state index in [-0.39, 0.29) is 40.8 Å². The van der Waals surface area contributed by atoms with Gasteiger partial charge in [0.25, 0.3) is 5.91 Å². The lowest BCUT2D eigenvalue weighted by Crippen LogP contribution is -2.48. The monoisotopic (exact) mass is 436 g/mol. The summed E-state index contributed by atoms with van der Waals surface area (Å²) in [7, 11) is -3.86. The molecule has 6 nitrogen and oxygen atoms in total. The van der Waals surface area contributed by atoms with Crippen LogP contribution >= 0.6 is 11.6 Å². The molecule has 156 valence electrons. The van der Waals surface area contributed by atoms with E-state index in [0.717, 1.165) is 11.1 Å². The number of amides is 1. The number of aryl methyl sites for hydroxylation is 2. The highest BCUT2D eigenvalue weighted by molar-refractivity contribution is 7.89. The van der Waals surface area contributed by atoms with Crippen molar-refractivity contribution in [3.05, 3.63) is 58.1 Å². The summed E-state index contributed by atoms with van der Waals surface area (Å²) in [6.45, 7) is 8.08. The minimum absolute atomic E-state index is 0.0757. The number of hydrogen-bond donors (Lipinski definition) is 1. The van der Waals surface area contributed by atoms with Crippen LogP contribution in [0.2, 0.25) is 5.02 Å². The Bertz CT molecular complexity index is 1030. The molecule has 2 aromatic rings. The van der Waals surface area contributed by atoms with Crippen LogP contribution in [0.15, 0.2) is 41.3 Å². The normalized spacial score (nSPS) is 20.4. The van der Waals surface area contributed by atoms with E-state index >= 15 is 0 Å². The summed E-state index contributed by atoms with van der Waals surface area (Å²) in [5.41, 5.74) is 3.04. The molecule has 1 saturated heterocycles. The molecular weight excluding hydrogens is 412 g/mol. The van der Waals surface area contributed by atoms with E-state index in [1.807, 2.05) is 45.9 Å². The largest absolute Gasteiger partial charge is 0.373 e. The molecule has 0 spiro atoms. The SMILES string of the molecule is Cc1ccc(NC(=O)c2ccc(Cl)c(S(=O)(=O)N3CC(C)OC(C)C3)c2)cc1C. The van der Waals surface area contributed by atoms with Gasteiger partial charge in [-0.15, -0.1) is 0 Å². The number of morpholine rings is 1. The van der Waals surface area contributed by atoms with Crippen LogP contribution in [-0.2, 0) is 14.8 Å². The first-order chi connectivity index (χ1) is 13.6. The van der Waals surface area contributed by atoms with Gasteiger partial charge in [0.1, 0.15) is 4.90 Å². The van der Waals surface area contributed by atoms with Crippen molar-refractivity contribution in [2.45, 2.75) is 44.8 Å². The molecule has 29 heavy (non-hydrogen) atoms. The van der Waals surface area contributed by atoms with Gasteiger partial charge in [0.2, 0.25) is 10.0 Å². The van der Waals surface area contributed by atoms with Gasteiger partial charge in [-0.25, -0.2) is 8.42 Å². The fourth-order valence-corrected chi connectivity index (χ4v) is 5.42. The van der Waals surface area contributed by atoms with E-state index in [2.05, 4.69) is 5.32 Å². The lowest BCUT2D eigenvalue weighted by Gasteiger charge is -2.34. The number of halogens is 1. The Morgan fingerprint density at radius 1 is 1.07 bits per heavy atom. The predicted molar refractivity (Wildman–Crippen MR) is 114 cm³/mol. The second-order valence-electron chi connectivity index (χ2n) is 7.48. The maximum atomic E-state index is 13.2. The van der Waals surface area contributed by atoms with Crippen LogP contribution in [0.25, 0.3) is 0 Å². The summed E-state index contributed by atoms with van der Waals surface area (Å²) >= 11 is 6.21. The molecule has 0 radical (unpaired) electrons. The average Bonchev–Trinajstić information content (AvgIpc) is 2.64. The maximum Gasteiger partial charge on any atom is 0.255 e. The number of anilines is 1. The molecule has 2 aromatic carbocycles. The molecule has 1 aliphatic heterocycles. The maximum absolute atomic E-state index is 13.2. The minimum Gasteiger partial charge on any atom is -0.373 e. The van der Waals surface area contributed by atoms with Crippen molar-refractivity contribution < 1.29 is 17.9 Å². The number of rotatable bonds is 4. The van der Waals surface area contributed by atoms with E-state index in [9.17, 15) is 13.2 Å². The molecule has 8 heteroatoms. The number of carbonyl (C=O) groups excluding carboxylic acids is 1. The molecule has 3 rings (SSSR count). The highest BCUT2D eigenvalue weighted by Crippen LogP contribution is 2.28. The molecule has 1 aliphatic rings. The molecule has 0 saturated carbocycles. The Morgan fingerprint density at radius 2 is 1.72 bits per heavy atom. The van der Waals surface area contributed by atoms with Gasteiger partial charge in [-0.1, -0.05) is 17.7 Å². The fraction of sp³-hybridized carbons (Fsp3) is 0.381. The van der Waals surface area contributed by atoms with Crippen molar-refractivity contribution in [3.63, 3.8) is 0 Å². The predicted octanol–water partition coefficient (Wildman–Crippen LogP) is 4.01. The quantitative estimate of drug-likeness (QED) is 0.785. The smallest absolute Gasteiger partial charge is 0.255 e. The highest BCUT2D eigenvalue weighted by Gasteiger charge is 2.33. The van der Waals surface area contributed by atoms with Gasteiger partial charge < -0.3 is 10.1 Å². The number of nitrogens with one attached hydrogen (secondary N) is 1. The Morgan fingerprint density at radius 3 is 2.34 bits per heavy atom. The summed E-state index contributed by atoms with van der Waals surface area (Å²) in [5, 5.41) is 2.89. The summed E-state index contributed by atoms with van der Waals surface area (Å²) in [6, 6.07) is 9.89. The number of hydrogen-bond acceptors (Lipinski definition) is 4. The van der Waals surface area contributed by atoms with Crippen molar-refractivity contribution in [1.29, 1.82) is 0 Å². The zero-order chi connectivity index (χ0) is 21.3. The summed E-state index contributed by atoms with van der Waals surface area (Å²) in [5.74, 6) is -0.398. The van der Waals surface area contributed by atoms with E-state index in [1.54, 1.807) is 0 Å². The Balaban J connectivity index is 1.89. The van der Waals surface area contributed by atoms with Gasteiger partial charge in [0, 0.05) is 24.3 Å². The van der Waals surface area contributed by atoms with Crippen molar-refractivity contribution in [2.75, 3.05) is 18.4 Å². The van der Waals surface area contributed by atoms with E-state index in [0.29, 0.717) is 5.69 Å². The standard InChI is InChI=1S/C21H25ClN2O4S/c1-13-5-7-18(9-14(13)2)23-21(25)17-6-8-19(22)20(10-17)29(26,27)24-11-15(3)28-16(4)12-24/h5-10,15-16H,11-12H2,1-4H3,(H,23,25). The van der Waals surface area contributed by atoms with Crippen LogP contribution in [-0.4, -0.2) is 43.9 Å². The van der Waals surface area contributed by atoms with Crippen molar-refractivity contribution in [3.8, 4) is 0 Å². The van der Waals surface area contributed by atoms with Gasteiger partial charge in [0.05, 0.1) is 17.2 Å². The molecule has 0 aliphatic carbocycles. The number of nitrogens with zero attached hydrogens (tertiary/aromatic N) is 1. The average molecular weight is 437 g/mol. The van der Waals surface area contributed by atoms with Gasteiger partial charge >= 0.3 is 0 Å². The molecule has 2 atom stereocenters. The Labute approximate surface area is 176 Å². The van der Waals surface area contributed by atoms with Crippen LogP contribution in [0, 0.1) is 13.8 Å². The number of carbonyl (C=O) groups is 1. The minimum atomic E-state index is -3.86. The lowest BCUT2D eigenvalue weighted by atomic mass is 10.1. The summed E-state index contributed by atoms with van der Waals surface area (Å²) < 4.78 is 33.3. The third kappa shape index (κ3) is 4.80. The third-order valence-electron chi connectivity index (χ3n) is 4.96. The van der Waals surface area contributed by atoms with Gasteiger partial charge in [-0.05, 0) is 69.2 Å². The van der Waals surface area contributed by atoms with E-state index < -0.39 is 15.9 Å². The zero-order valence-corrected chi connectivity index (χ0v) is 18.5. The number of benzene rings is 2. The van der Waals surface area contributed by atoms with Crippen molar-refractivity contribution in [2.24, 2.45) is 0 Å². The first kappa shape index (κ1) is 21.8. The summed E-state index contributed by atoms with van der Waals surface area (Å²) in [6.07, 6.45) is -0.438. The van der Waals surface area contributed by atoms with Gasteiger partial charge in [-0.2, -0.15) is 4.31 Å². The van der Waals surface area contributed by atoms with Crippen LogP contribution < -0.4 is 5.32 Å². The molecular formula is C21H25ClN2O4S. The molecule has 2 unspecified atom stereocenters. The van der Waals surface area contributed by atoms with Crippen LogP contribution in [0.1, 0.15) is 35.3 Å². The molecule has 1 heterocycles. The van der Waals surface area contributed by atoms with Gasteiger partial charge in [-0.3, -0.25) is 4.79 Å². The first-order valence-corrected chi connectivity index (χ1v) is 11.2. The lowest BCUT2D eigenvalue weighted by molar-refractivity contribution is -0.0440. The molecule has 1 amide bonds. The highest BCUT2D eigenvalue weighted by atomic mass is 35.5. The Kier molecular flexibility index (Phi) is 6.33. The molecule has 1 fully saturated rings. The Hall–Kier alpha value is -1.93. The fourth-order valence-electron chi connectivity index (χ4n) is 3.33. The van der Waals surface area contributed by atoms with Crippen LogP contribution in [0.5, 0.6) is 0 Å². The second-order valence-corrected chi connectivity index (χ2v) is 9.79. The third-order valence-corrected chi connectivity index (χ3v) is 7.28. The molecule has 0 bridgehead atoms. The number of sulfonamides is 1. The second kappa shape index (κ2) is 8.44.